The second-order valence-corrected chi connectivity index (χ2v) is 6.94. The summed E-state index contributed by atoms with van der Waals surface area (Å²) in [6.07, 6.45) is 6.07. The van der Waals surface area contributed by atoms with Crippen molar-refractivity contribution >= 4 is 12.1 Å². The molecule has 0 unspecified atom stereocenters. The van der Waals surface area contributed by atoms with Gasteiger partial charge in [-0.1, -0.05) is 62.4 Å². The molecule has 1 aliphatic carbocycles. The zero-order valence-electron chi connectivity index (χ0n) is 13.9. The van der Waals surface area contributed by atoms with Crippen LogP contribution >= 0.6 is 0 Å². The van der Waals surface area contributed by atoms with E-state index in [2.05, 4.69) is 0 Å². The number of ether oxygens (including phenoxy) is 1. The lowest BCUT2D eigenvalue weighted by Gasteiger charge is -2.27. The topological polar surface area (TPSA) is 66.8 Å². The van der Waals surface area contributed by atoms with Gasteiger partial charge in [-0.2, -0.15) is 0 Å². The molecule has 1 aromatic rings. The van der Waals surface area contributed by atoms with Gasteiger partial charge >= 0.3 is 12.1 Å². The smallest absolute Gasteiger partial charge is 0.410 e. The van der Waals surface area contributed by atoms with Crippen molar-refractivity contribution in [3.63, 3.8) is 0 Å². The fourth-order valence-electron chi connectivity index (χ4n) is 4.05. The fourth-order valence-corrected chi connectivity index (χ4v) is 4.05. The highest BCUT2D eigenvalue weighted by atomic mass is 16.6. The van der Waals surface area contributed by atoms with Crippen molar-refractivity contribution in [2.45, 2.75) is 51.2 Å². The summed E-state index contributed by atoms with van der Waals surface area (Å²) in [6.45, 7) is 0.686. The first kappa shape index (κ1) is 16.8. The van der Waals surface area contributed by atoms with Crippen molar-refractivity contribution in [3.8, 4) is 0 Å². The van der Waals surface area contributed by atoms with Gasteiger partial charge in [-0.05, 0) is 23.8 Å². The quantitative estimate of drug-likeness (QED) is 0.914. The number of aliphatic carboxylic acids is 1. The molecule has 5 heteroatoms. The number of carbonyl (C=O) groups excluding carboxylic acids is 1. The maximum Gasteiger partial charge on any atom is 0.410 e. The summed E-state index contributed by atoms with van der Waals surface area (Å²) < 4.78 is 5.35. The molecule has 2 fully saturated rings. The van der Waals surface area contributed by atoms with E-state index in [1.165, 1.54) is 24.2 Å². The molecule has 0 bridgehead atoms. The van der Waals surface area contributed by atoms with Gasteiger partial charge in [0.05, 0.1) is 0 Å². The number of carboxylic acid groups (broad SMARTS) is 1. The van der Waals surface area contributed by atoms with E-state index in [4.69, 9.17) is 4.74 Å². The maximum atomic E-state index is 12.4. The van der Waals surface area contributed by atoms with Crippen molar-refractivity contribution in [1.29, 1.82) is 0 Å². The summed E-state index contributed by atoms with van der Waals surface area (Å²) in [7, 11) is 0. The fraction of sp³-hybridized carbons (Fsp3) is 0.579. The van der Waals surface area contributed by atoms with Crippen LogP contribution in [0.2, 0.25) is 0 Å². The van der Waals surface area contributed by atoms with E-state index in [1.54, 1.807) is 0 Å². The molecule has 1 aromatic carbocycles. The molecule has 5 nitrogen and oxygen atoms in total. The van der Waals surface area contributed by atoms with Crippen molar-refractivity contribution in [2.24, 2.45) is 11.8 Å². The number of benzene rings is 1. The van der Waals surface area contributed by atoms with Crippen LogP contribution in [0.25, 0.3) is 0 Å². The number of hydrogen-bond acceptors (Lipinski definition) is 3. The Morgan fingerprint density at radius 1 is 1.08 bits per heavy atom. The standard InChI is InChI=1S/C19H25NO4/c21-18(22)17-11-16(15-9-5-2-6-10-15)12-20(17)19(23)24-13-14-7-3-1-4-8-14/h1,3-4,7-8,15-17H,2,5-6,9-13H2,(H,21,22)/t16-,17+/m1/s1. The SMILES string of the molecule is O=C(O)[C@@H]1C[C@@H](C2CCCCC2)CN1C(=O)OCc1ccccc1. The van der Waals surface area contributed by atoms with Crippen LogP contribution in [0.15, 0.2) is 30.3 Å². The number of rotatable bonds is 4. The van der Waals surface area contributed by atoms with Gasteiger partial charge in [0.1, 0.15) is 12.6 Å². The van der Waals surface area contributed by atoms with Crippen LogP contribution < -0.4 is 0 Å². The molecule has 1 saturated carbocycles. The summed E-state index contributed by atoms with van der Waals surface area (Å²) in [5, 5.41) is 9.48. The van der Waals surface area contributed by atoms with E-state index in [9.17, 15) is 14.7 Å². The van der Waals surface area contributed by atoms with E-state index < -0.39 is 18.1 Å². The van der Waals surface area contributed by atoms with E-state index in [-0.39, 0.29) is 12.5 Å². The third-order valence-electron chi connectivity index (χ3n) is 5.37. The molecule has 1 amide bonds. The number of carbonyl (C=O) groups is 2. The van der Waals surface area contributed by atoms with Crippen LogP contribution in [0.1, 0.15) is 44.1 Å². The third kappa shape index (κ3) is 3.89. The molecular formula is C19H25NO4. The molecular weight excluding hydrogens is 306 g/mol. The van der Waals surface area contributed by atoms with Crippen molar-refractivity contribution in [1.82, 2.24) is 4.90 Å². The van der Waals surface area contributed by atoms with Crippen molar-refractivity contribution in [2.75, 3.05) is 6.54 Å². The Labute approximate surface area is 142 Å². The lowest BCUT2D eigenvalue weighted by molar-refractivity contribution is -0.141. The minimum absolute atomic E-state index is 0.177. The zero-order valence-corrected chi connectivity index (χ0v) is 13.9. The van der Waals surface area contributed by atoms with E-state index in [1.807, 2.05) is 30.3 Å². The normalized spacial score (nSPS) is 24.8. The summed E-state index contributed by atoms with van der Waals surface area (Å²) in [5.74, 6) is -0.0897. The minimum Gasteiger partial charge on any atom is -0.480 e. The van der Waals surface area contributed by atoms with Crippen molar-refractivity contribution < 1.29 is 19.4 Å². The highest BCUT2D eigenvalue weighted by Crippen LogP contribution is 2.37. The Morgan fingerprint density at radius 3 is 2.46 bits per heavy atom. The Morgan fingerprint density at radius 2 is 1.79 bits per heavy atom. The molecule has 1 heterocycles. The third-order valence-corrected chi connectivity index (χ3v) is 5.37. The van der Waals surface area contributed by atoms with Gasteiger partial charge in [-0.25, -0.2) is 9.59 Å². The Bertz CT molecular complexity index is 568. The Kier molecular flexibility index (Phi) is 5.38. The molecule has 3 rings (SSSR count). The monoisotopic (exact) mass is 331 g/mol. The molecule has 0 spiro atoms. The predicted molar refractivity (Wildman–Crippen MR) is 89.4 cm³/mol. The van der Waals surface area contributed by atoms with Crippen LogP contribution in [0.5, 0.6) is 0 Å². The number of likely N-dealkylation sites (tertiary alicyclic amines) is 1. The summed E-state index contributed by atoms with van der Waals surface area (Å²) in [4.78, 5) is 25.4. The first-order chi connectivity index (χ1) is 11.6. The van der Waals surface area contributed by atoms with Gasteiger partial charge in [0, 0.05) is 6.54 Å². The van der Waals surface area contributed by atoms with Gasteiger partial charge < -0.3 is 9.84 Å². The average molecular weight is 331 g/mol. The molecule has 2 aliphatic rings. The van der Waals surface area contributed by atoms with Gasteiger partial charge in [-0.15, -0.1) is 0 Å². The first-order valence-corrected chi connectivity index (χ1v) is 8.85. The van der Waals surface area contributed by atoms with Gasteiger partial charge in [0.2, 0.25) is 0 Å². The Balaban J connectivity index is 1.61. The molecule has 0 radical (unpaired) electrons. The van der Waals surface area contributed by atoms with Gasteiger partial charge in [0.25, 0.3) is 0 Å². The molecule has 2 atom stereocenters. The zero-order chi connectivity index (χ0) is 16.9. The summed E-state index contributed by atoms with van der Waals surface area (Å²) >= 11 is 0. The van der Waals surface area contributed by atoms with Gasteiger partial charge in [-0.3, -0.25) is 4.90 Å². The first-order valence-electron chi connectivity index (χ1n) is 8.85. The van der Waals surface area contributed by atoms with E-state index >= 15 is 0 Å². The van der Waals surface area contributed by atoms with E-state index in [0.29, 0.717) is 18.9 Å². The van der Waals surface area contributed by atoms with Crippen LogP contribution in [-0.4, -0.2) is 34.7 Å². The molecule has 24 heavy (non-hydrogen) atoms. The second-order valence-electron chi connectivity index (χ2n) is 6.94. The van der Waals surface area contributed by atoms with Crippen LogP contribution in [0.3, 0.4) is 0 Å². The second kappa shape index (κ2) is 7.69. The minimum atomic E-state index is -0.926. The Hall–Kier alpha value is -2.04. The van der Waals surface area contributed by atoms with E-state index in [0.717, 1.165) is 18.4 Å². The van der Waals surface area contributed by atoms with Crippen molar-refractivity contribution in [3.05, 3.63) is 35.9 Å². The molecule has 130 valence electrons. The van der Waals surface area contributed by atoms with Crippen LogP contribution in [0.4, 0.5) is 4.79 Å². The lowest BCUT2D eigenvalue weighted by Crippen LogP contribution is -2.40. The summed E-state index contributed by atoms with van der Waals surface area (Å²) in [5.41, 5.74) is 0.903. The highest BCUT2D eigenvalue weighted by Gasteiger charge is 2.43. The highest BCUT2D eigenvalue weighted by molar-refractivity contribution is 5.80. The average Bonchev–Trinajstić information content (AvgIpc) is 3.07. The maximum absolute atomic E-state index is 12.4. The van der Waals surface area contributed by atoms with Gasteiger partial charge in [0.15, 0.2) is 0 Å². The number of amides is 1. The number of carboxylic acids is 1. The molecule has 1 aliphatic heterocycles. The number of nitrogens with zero attached hydrogens (tertiary/aromatic N) is 1. The molecule has 0 aromatic heterocycles. The number of hydrogen-bond donors (Lipinski definition) is 1. The lowest BCUT2D eigenvalue weighted by atomic mass is 9.79. The largest absolute Gasteiger partial charge is 0.480 e. The molecule has 1 saturated heterocycles. The van der Waals surface area contributed by atoms with Crippen LogP contribution in [-0.2, 0) is 16.1 Å². The summed E-state index contributed by atoms with van der Waals surface area (Å²) in [6, 6.07) is 8.70. The predicted octanol–water partition coefficient (Wildman–Crippen LogP) is 3.68. The van der Waals surface area contributed by atoms with Crippen LogP contribution in [0, 0.1) is 11.8 Å². The molecule has 1 N–H and O–H groups in total.